The summed E-state index contributed by atoms with van der Waals surface area (Å²) < 4.78 is 5.29. The van der Waals surface area contributed by atoms with Crippen LogP contribution in [0.25, 0.3) is 0 Å². The van der Waals surface area contributed by atoms with E-state index in [0.717, 1.165) is 48.4 Å². The van der Waals surface area contributed by atoms with E-state index < -0.39 is 0 Å². The van der Waals surface area contributed by atoms with E-state index in [2.05, 4.69) is 21.4 Å². The Morgan fingerprint density at radius 1 is 1.17 bits per heavy atom. The molecule has 3 rings (SSSR count). The summed E-state index contributed by atoms with van der Waals surface area (Å²) in [6.45, 7) is 5.24. The van der Waals surface area contributed by atoms with E-state index in [1.54, 1.807) is 13.3 Å². The minimum absolute atomic E-state index is 0.0441. The van der Waals surface area contributed by atoms with Crippen molar-refractivity contribution >= 4 is 11.8 Å². The van der Waals surface area contributed by atoms with Crippen LogP contribution in [0.2, 0.25) is 0 Å². The topological polar surface area (TPSA) is 84.4 Å². The van der Waals surface area contributed by atoms with Gasteiger partial charge in [0, 0.05) is 31.7 Å². The molecule has 2 amide bonds. The lowest BCUT2D eigenvalue weighted by Crippen LogP contribution is -2.37. The maximum absolute atomic E-state index is 12.7. The van der Waals surface area contributed by atoms with Crippen molar-refractivity contribution < 1.29 is 14.3 Å². The first-order valence-corrected chi connectivity index (χ1v) is 10.5. The molecule has 1 atom stereocenters. The highest BCUT2D eigenvalue weighted by Gasteiger charge is 2.22. The van der Waals surface area contributed by atoms with Crippen LogP contribution in [-0.4, -0.2) is 52.9 Å². The standard InChI is InChI=1S/C23H30N4O3/c1-16-13-18(6-8-21(16)30-3)7-9-22(28)27-11-4-5-19(10-12-27)26-23(29)20-15-24-17(2)14-25-20/h6,8,13-15,19H,4-5,7,9-12H2,1-3H3,(H,26,29)/t19-/m1/s1. The highest BCUT2D eigenvalue weighted by molar-refractivity contribution is 5.92. The second-order valence-corrected chi connectivity index (χ2v) is 7.83. The molecular weight excluding hydrogens is 380 g/mol. The SMILES string of the molecule is COc1ccc(CCC(=O)N2CCC[C@@H](NC(=O)c3cnc(C)cn3)CC2)cc1C. The number of carbonyl (C=O) groups is 2. The molecule has 0 bridgehead atoms. The molecule has 1 fully saturated rings. The first-order chi connectivity index (χ1) is 14.5. The van der Waals surface area contributed by atoms with Gasteiger partial charge in [0.2, 0.25) is 5.91 Å². The second-order valence-electron chi connectivity index (χ2n) is 7.83. The molecule has 0 aliphatic carbocycles. The summed E-state index contributed by atoms with van der Waals surface area (Å²) in [6, 6.07) is 6.09. The van der Waals surface area contributed by atoms with Gasteiger partial charge in [-0.15, -0.1) is 0 Å². The maximum atomic E-state index is 12.7. The second kappa shape index (κ2) is 10.2. The molecule has 1 aliphatic rings. The zero-order valence-electron chi connectivity index (χ0n) is 18.0. The molecule has 1 aromatic carbocycles. The van der Waals surface area contributed by atoms with Crippen LogP contribution in [0.4, 0.5) is 0 Å². The van der Waals surface area contributed by atoms with Gasteiger partial charge in [-0.05, 0) is 56.7 Å². The summed E-state index contributed by atoms with van der Waals surface area (Å²) in [4.78, 5) is 35.3. The van der Waals surface area contributed by atoms with Crippen LogP contribution in [0.1, 0.15) is 53.0 Å². The van der Waals surface area contributed by atoms with Crippen LogP contribution in [0.3, 0.4) is 0 Å². The van der Waals surface area contributed by atoms with Crippen molar-refractivity contribution in [2.24, 2.45) is 0 Å². The first kappa shape index (κ1) is 21.7. The average Bonchev–Trinajstić information content (AvgIpc) is 2.98. The maximum Gasteiger partial charge on any atom is 0.271 e. The Kier molecular flexibility index (Phi) is 7.38. The van der Waals surface area contributed by atoms with E-state index >= 15 is 0 Å². The third-order valence-corrected chi connectivity index (χ3v) is 5.52. The van der Waals surface area contributed by atoms with Gasteiger partial charge in [-0.2, -0.15) is 0 Å². The van der Waals surface area contributed by atoms with Crippen molar-refractivity contribution in [1.82, 2.24) is 20.2 Å². The highest BCUT2D eigenvalue weighted by Crippen LogP contribution is 2.20. The van der Waals surface area contributed by atoms with Crippen LogP contribution in [-0.2, 0) is 11.2 Å². The van der Waals surface area contributed by atoms with Crippen molar-refractivity contribution in [1.29, 1.82) is 0 Å². The Balaban J connectivity index is 1.48. The van der Waals surface area contributed by atoms with Crippen LogP contribution in [0.15, 0.2) is 30.6 Å². The molecule has 0 saturated carbocycles. The van der Waals surface area contributed by atoms with Gasteiger partial charge < -0.3 is 15.0 Å². The molecule has 160 valence electrons. The smallest absolute Gasteiger partial charge is 0.271 e. The summed E-state index contributed by atoms with van der Waals surface area (Å²) in [6.07, 6.45) is 6.77. The number of ether oxygens (including phenoxy) is 1. The molecule has 2 aromatic rings. The third kappa shape index (κ3) is 5.78. The Morgan fingerprint density at radius 2 is 2.00 bits per heavy atom. The molecule has 7 nitrogen and oxygen atoms in total. The fraction of sp³-hybridized carbons (Fsp3) is 0.478. The predicted molar refractivity (Wildman–Crippen MR) is 115 cm³/mol. The van der Waals surface area contributed by atoms with Gasteiger partial charge in [0.05, 0.1) is 19.0 Å². The number of benzene rings is 1. The van der Waals surface area contributed by atoms with E-state index in [0.29, 0.717) is 25.1 Å². The lowest BCUT2D eigenvalue weighted by Gasteiger charge is -2.21. The van der Waals surface area contributed by atoms with Crippen LogP contribution < -0.4 is 10.1 Å². The third-order valence-electron chi connectivity index (χ3n) is 5.52. The zero-order chi connectivity index (χ0) is 21.5. The Labute approximate surface area is 177 Å². The molecular formula is C23H30N4O3. The molecule has 2 heterocycles. The Bertz CT molecular complexity index is 883. The van der Waals surface area contributed by atoms with Gasteiger partial charge in [0.15, 0.2) is 0 Å². The quantitative estimate of drug-likeness (QED) is 0.792. The van der Waals surface area contributed by atoms with Gasteiger partial charge in [-0.3, -0.25) is 14.6 Å². The van der Waals surface area contributed by atoms with E-state index in [-0.39, 0.29) is 17.9 Å². The summed E-state index contributed by atoms with van der Waals surface area (Å²) in [7, 11) is 1.66. The van der Waals surface area contributed by atoms with Gasteiger partial charge in [0.25, 0.3) is 5.91 Å². The van der Waals surface area contributed by atoms with Gasteiger partial charge >= 0.3 is 0 Å². The largest absolute Gasteiger partial charge is 0.496 e. The van der Waals surface area contributed by atoms with Gasteiger partial charge in [-0.1, -0.05) is 12.1 Å². The molecule has 1 aromatic heterocycles. The van der Waals surface area contributed by atoms with Crippen LogP contribution >= 0.6 is 0 Å². The summed E-state index contributed by atoms with van der Waals surface area (Å²) in [5.41, 5.74) is 3.32. The molecule has 0 spiro atoms. The van der Waals surface area contributed by atoms with Crippen molar-refractivity contribution in [2.75, 3.05) is 20.2 Å². The number of hydrogen-bond acceptors (Lipinski definition) is 5. The first-order valence-electron chi connectivity index (χ1n) is 10.5. The summed E-state index contributed by atoms with van der Waals surface area (Å²) >= 11 is 0. The lowest BCUT2D eigenvalue weighted by molar-refractivity contribution is -0.131. The number of amides is 2. The number of hydrogen-bond donors (Lipinski definition) is 1. The Hall–Kier alpha value is -2.96. The lowest BCUT2D eigenvalue weighted by atomic mass is 10.1. The van der Waals surface area contributed by atoms with E-state index in [9.17, 15) is 9.59 Å². The minimum Gasteiger partial charge on any atom is -0.496 e. The van der Waals surface area contributed by atoms with Crippen LogP contribution in [0.5, 0.6) is 5.75 Å². The summed E-state index contributed by atoms with van der Waals surface area (Å²) in [5, 5.41) is 3.04. The number of carbonyl (C=O) groups excluding carboxylic acids is 2. The number of likely N-dealkylation sites (tertiary alicyclic amines) is 1. The molecule has 30 heavy (non-hydrogen) atoms. The zero-order valence-corrected chi connectivity index (χ0v) is 18.0. The fourth-order valence-electron chi connectivity index (χ4n) is 3.76. The number of aromatic nitrogens is 2. The fourth-order valence-corrected chi connectivity index (χ4v) is 3.76. The molecule has 1 N–H and O–H groups in total. The molecule has 7 heteroatoms. The molecule has 1 aliphatic heterocycles. The van der Waals surface area contributed by atoms with Crippen LogP contribution in [0, 0.1) is 13.8 Å². The van der Waals surface area contributed by atoms with E-state index in [1.165, 1.54) is 6.20 Å². The number of rotatable bonds is 6. The molecule has 0 unspecified atom stereocenters. The van der Waals surface area contributed by atoms with Gasteiger partial charge in [-0.25, -0.2) is 4.98 Å². The number of aryl methyl sites for hydroxylation is 3. The number of methoxy groups -OCH3 is 1. The van der Waals surface area contributed by atoms with Crippen molar-refractivity contribution in [2.45, 2.75) is 52.0 Å². The average molecular weight is 411 g/mol. The highest BCUT2D eigenvalue weighted by atomic mass is 16.5. The van der Waals surface area contributed by atoms with E-state index in [1.807, 2.05) is 30.9 Å². The van der Waals surface area contributed by atoms with Crippen molar-refractivity contribution in [3.63, 3.8) is 0 Å². The minimum atomic E-state index is -0.206. The predicted octanol–water partition coefficient (Wildman–Crippen LogP) is 2.85. The van der Waals surface area contributed by atoms with Crippen molar-refractivity contribution in [3.8, 4) is 5.75 Å². The Morgan fingerprint density at radius 3 is 2.70 bits per heavy atom. The number of nitrogens with zero attached hydrogens (tertiary/aromatic N) is 3. The summed E-state index contributed by atoms with van der Waals surface area (Å²) in [5.74, 6) is 0.823. The van der Waals surface area contributed by atoms with E-state index in [4.69, 9.17) is 4.74 Å². The van der Waals surface area contributed by atoms with Crippen molar-refractivity contribution in [3.05, 3.63) is 53.1 Å². The normalized spacial score (nSPS) is 16.6. The number of nitrogens with one attached hydrogen (secondary N) is 1. The molecule has 1 saturated heterocycles. The molecule has 0 radical (unpaired) electrons. The monoisotopic (exact) mass is 410 g/mol. The van der Waals surface area contributed by atoms with Gasteiger partial charge in [0.1, 0.15) is 11.4 Å².